The van der Waals surface area contributed by atoms with Crippen molar-refractivity contribution in [1.29, 1.82) is 0 Å². The fourth-order valence-electron chi connectivity index (χ4n) is 5.42. The fourth-order valence-corrected chi connectivity index (χ4v) is 5.42. The Morgan fingerprint density at radius 2 is 1.62 bits per heavy atom. The monoisotopic (exact) mass is 529 g/mol. The van der Waals surface area contributed by atoms with E-state index in [0.29, 0.717) is 12.4 Å². The highest BCUT2D eigenvalue weighted by molar-refractivity contribution is 5.76. The van der Waals surface area contributed by atoms with E-state index < -0.39 is 11.3 Å². The van der Waals surface area contributed by atoms with Crippen molar-refractivity contribution in [2.75, 3.05) is 19.8 Å². The Bertz CT molecular complexity index is 1280. The van der Waals surface area contributed by atoms with Crippen LogP contribution in [-0.2, 0) is 28.6 Å². The van der Waals surface area contributed by atoms with Gasteiger partial charge in [0, 0.05) is 30.9 Å². The topological polar surface area (TPSA) is 99.6 Å². The standard InChI is InChI=1S/C31H39N5O3/c1-5-36-28(37)34-35-31(36,17-23-10-14-26(15-11-23)29(2,3)4)16-6-7-22-8-12-24(13-9-22)25-18-32-27(33-19-25)30(38)20-39-21-30/h8-15,18-19,35,38H,5-7,16-17,20-21H2,1-4H3,(H,34,37). The van der Waals surface area contributed by atoms with E-state index in [9.17, 15) is 9.90 Å². The molecule has 2 fully saturated rings. The Balaban J connectivity index is 1.23. The Morgan fingerprint density at radius 3 is 2.18 bits per heavy atom. The van der Waals surface area contributed by atoms with Gasteiger partial charge in [0.15, 0.2) is 11.4 Å². The van der Waals surface area contributed by atoms with E-state index in [4.69, 9.17) is 4.74 Å². The highest BCUT2D eigenvalue weighted by Gasteiger charge is 2.44. The Labute approximate surface area is 230 Å². The lowest BCUT2D eigenvalue weighted by Crippen LogP contribution is -2.54. The van der Waals surface area contributed by atoms with Crippen molar-refractivity contribution in [2.45, 2.75) is 70.1 Å². The summed E-state index contributed by atoms with van der Waals surface area (Å²) in [4.78, 5) is 23.3. The zero-order chi connectivity index (χ0) is 27.7. The normalized spacial score (nSPS) is 20.5. The van der Waals surface area contributed by atoms with Crippen LogP contribution in [0.5, 0.6) is 0 Å². The number of hydrogen-bond acceptors (Lipinski definition) is 6. The molecule has 0 spiro atoms. The van der Waals surface area contributed by atoms with Crippen molar-refractivity contribution in [2.24, 2.45) is 0 Å². The molecular weight excluding hydrogens is 490 g/mol. The summed E-state index contributed by atoms with van der Waals surface area (Å²) in [5.41, 5.74) is 10.5. The number of carbonyl (C=O) groups excluding carboxylic acids is 1. The molecule has 0 saturated carbocycles. The molecule has 2 aliphatic rings. The first kappa shape index (κ1) is 27.2. The van der Waals surface area contributed by atoms with Gasteiger partial charge in [-0.15, -0.1) is 0 Å². The van der Waals surface area contributed by atoms with E-state index in [2.05, 4.69) is 90.1 Å². The second-order valence-electron chi connectivity index (χ2n) is 11.8. The SMILES string of the molecule is CCN1C(=O)NNC1(CCCc1ccc(-c2cnc(C3(O)COC3)nc2)cc1)Cc1ccc(C(C)(C)C)cc1. The summed E-state index contributed by atoms with van der Waals surface area (Å²) in [5.74, 6) is 0.405. The second kappa shape index (κ2) is 10.7. The second-order valence-corrected chi connectivity index (χ2v) is 11.8. The van der Waals surface area contributed by atoms with E-state index in [0.717, 1.165) is 36.8 Å². The molecular formula is C31H39N5O3. The molecule has 3 heterocycles. The van der Waals surface area contributed by atoms with Gasteiger partial charge in [0.05, 0.1) is 13.2 Å². The van der Waals surface area contributed by atoms with Crippen molar-refractivity contribution in [3.8, 4) is 11.1 Å². The maximum absolute atomic E-state index is 12.6. The van der Waals surface area contributed by atoms with E-state index >= 15 is 0 Å². The number of amides is 2. The van der Waals surface area contributed by atoms with E-state index in [1.165, 1.54) is 16.7 Å². The number of carbonyl (C=O) groups is 1. The molecule has 5 rings (SSSR count). The Kier molecular flexibility index (Phi) is 7.46. The van der Waals surface area contributed by atoms with Gasteiger partial charge in [0.1, 0.15) is 5.66 Å². The van der Waals surface area contributed by atoms with Crippen molar-refractivity contribution in [3.05, 3.63) is 83.4 Å². The minimum Gasteiger partial charge on any atom is -0.377 e. The van der Waals surface area contributed by atoms with Gasteiger partial charge in [-0.3, -0.25) is 5.43 Å². The summed E-state index contributed by atoms with van der Waals surface area (Å²) in [6.07, 6.45) is 6.89. The number of aromatic nitrogens is 2. The van der Waals surface area contributed by atoms with E-state index in [1.54, 1.807) is 12.4 Å². The van der Waals surface area contributed by atoms with Gasteiger partial charge >= 0.3 is 6.03 Å². The Morgan fingerprint density at radius 1 is 0.974 bits per heavy atom. The summed E-state index contributed by atoms with van der Waals surface area (Å²) in [5, 5.41) is 10.3. The molecule has 0 radical (unpaired) electrons. The molecule has 1 atom stereocenters. The fraction of sp³-hybridized carbons (Fsp3) is 0.452. The molecule has 3 N–H and O–H groups in total. The minimum absolute atomic E-state index is 0.0710. The quantitative estimate of drug-likeness (QED) is 0.378. The molecule has 206 valence electrons. The number of nitrogens with one attached hydrogen (secondary N) is 2. The zero-order valence-electron chi connectivity index (χ0n) is 23.3. The highest BCUT2D eigenvalue weighted by atomic mass is 16.5. The predicted octanol–water partition coefficient (Wildman–Crippen LogP) is 4.47. The van der Waals surface area contributed by atoms with Gasteiger partial charge in [-0.1, -0.05) is 69.3 Å². The number of benzene rings is 2. The first-order valence-corrected chi connectivity index (χ1v) is 13.8. The predicted molar refractivity (Wildman–Crippen MR) is 151 cm³/mol. The molecule has 1 unspecified atom stereocenters. The van der Waals surface area contributed by atoms with Crippen LogP contribution in [0.2, 0.25) is 0 Å². The van der Waals surface area contributed by atoms with Crippen molar-refractivity contribution in [3.63, 3.8) is 0 Å². The number of hydrazine groups is 1. The highest BCUT2D eigenvalue weighted by Crippen LogP contribution is 2.30. The molecule has 2 saturated heterocycles. The number of urea groups is 1. The summed E-state index contributed by atoms with van der Waals surface area (Å²) in [6, 6.07) is 17.2. The third-order valence-electron chi connectivity index (χ3n) is 7.89. The smallest absolute Gasteiger partial charge is 0.333 e. The van der Waals surface area contributed by atoms with Gasteiger partial charge in [-0.25, -0.2) is 20.2 Å². The average molecular weight is 530 g/mol. The van der Waals surface area contributed by atoms with Crippen LogP contribution in [0.1, 0.15) is 63.1 Å². The molecule has 3 aromatic rings. The molecule has 0 aliphatic carbocycles. The van der Waals surface area contributed by atoms with Gasteiger partial charge in [-0.05, 0) is 53.9 Å². The first-order valence-electron chi connectivity index (χ1n) is 13.8. The van der Waals surface area contributed by atoms with Crippen molar-refractivity contribution >= 4 is 6.03 Å². The van der Waals surface area contributed by atoms with Crippen LogP contribution in [0.15, 0.2) is 60.9 Å². The molecule has 8 nitrogen and oxygen atoms in total. The zero-order valence-corrected chi connectivity index (χ0v) is 23.3. The minimum atomic E-state index is -1.06. The molecule has 0 bridgehead atoms. The average Bonchev–Trinajstić information content (AvgIpc) is 3.22. The van der Waals surface area contributed by atoms with Crippen LogP contribution in [0.25, 0.3) is 11.1 Å². The molecule has 39 heavy (non-hydrogen) atoms. The lowest BCUT2D eigenvalue weighted by Gasteiger charge is -2.36. The van der Waals surface area contributed by atoms with Crippen LogP contribution in [0.4, 0.5) is 4.79 Å². The van der Waals surface area contributed by atoms with Crippen LogP contribution < -0.4 is 10.9 Å². The third-order valence-corrected chi connectivity index (χ3v) is 7.89. The Hall–Kier alpha value is -3.33. The first-order chi connectivity index (χ1) is 18.6. The number of aliphatic hydroxyl groups is 1. The number of likely N-dealkylation sites (N-methyl/N-ethyl adjacent to an activating group) is 1. The third kappa shape index (κ3) is 5.69. The molecule has 8 heteroatoms. The van der Waals surface area contributed by atoms with Crippen molar-refractivity contribution < 1.29 is 14.6 Å². The van der Waals surface area contributed by atoms with E-state index in [1.807, 2.05) is 11.8 Å². The van der Waals surface area contributed by atoms with Crippen LogP contribution in [0.3, 0.4) is 0 Å². The number of nitrogens with zero attached hydrogens (tertiary/aromatic N) is 3. The lowest BCUT2D eigenvalue weighted by atomic mass is 9.85. The molecule has 1 aromatic heterocycles. The molecule has 2 aromatic carbocycles. The summed E-state index contributed by atoms with van der Waals surface area (Å²) in [7, 11) is 0. The summed E-state index contributed by atoms with van der Waals surface area (Å²) < 4.78 is 5.10. The van der Waals surface area contributed by atoms with Gasteiger partial charge in [0.2, 0.25) is 0 Å². The maximum atomic E-state index is 12.6. The van der Waals surface area contributed by atoms with Gasteiger partial charge in [0.25, 0.3) is 0 Å². The van der Waals surface area contributed by atoms with Crippen LogP contribution >= 0.6 is 0 Å². The van der Waals surface area contributed by atoms with Gasteiger partial charge < -0.3 is 14.7 Å². The van der Waals surface area contributed by atoms with Gasteiger partial charge in [-0.2, -0.15) is 0 Å². The number of ether oxygens (including phenoxy) is 1. The molecule has 2 amide bonds. The van der Waals surface area contributed by atoms with Crippen molar-refractivity contribution in [1.82, 2.24) is 25.7 Å². The summed E-state index contributed by atoms with van der Waals surface area (Å²) >= 11 is 0. The number of aryl methyl sites for hydroxylation is 1. The number of hydrogen-bond donors (Lipinski definition) is 3. The summed E-state index contributed by atoms with van der Waals surface area (Å²) in [6.45, 7) is 9.80. The number of rotatable bonds is 9. The van der Waals surface area contributed by atoms with Crippen LogP contribution in [-0.4, -0.2) is 51.4 Å². The largest absolute Gasteiger partial charge is 0.377 e. The van der Waals surface area contributed by atoms with Crippen LogP contribution in [0, 0.1) is 0 Å². The maximum Gasteiger partial charge on any atom is 0.333 e. The molecule has 2 aliphatic heterocycles. The lowest BCUT2D eigenvalue weighted by molar-refractivity contribution is -0.189. The van der Waals surface area contributed by atoms with E-state index in [-0.39, 0.29) is 24.7 Å².